The molecule has 1 aliphatic rings. The zero-order valence-electron chi connectivity index (χ0n) is 14.1. The molecule has 134 valence electrons. The molecule has 1 aromatic rings. The van der Waals surface area contributed by atoms with Gasteiger partial charge < -0.3 is 10.6 Å². The molecule has 1 fully saturated rings. The Balaban J connectivity index is 1.93. The second kappa shape index (κ2) is 8.31. The van der Waals surface area contributed by atoms with E-state index in [-0.39, 0.29) is 5.41 Å². The topological polar surface area (TPSA) is 82.6 Å². The third-order valence-corrected chi connectivity index (χ3v) is 5.18. The maximum atomic E-state index is 11.1. The molecule has 0 aliphatic heterocycles. The Kier molecular flexibility index (Phi) is 6.65. The minimum Gasteiger partial charge on any atom is -0.357 e. The van der Waals surface area contributed by atoms with E-state index in [1.807, 2.05) is 13.0 Å². The maximum absolute atomic E-state index is 11.1. The van der Waals surface area contributed by atoms with Gasteiger partial charge in [-0.15, -0.1) is 0 Å². The molecule has 0 aromatic heterocycles. The van der Waals surface area contributed by atoms with Crippen molar-refractivity contribution in [3.05, 3.63) is 34.3 Å². The molecule has 1 saturated carbocycles. The highest BCUT2D eigenvalue weighted by atomic mass is 79.9. The molecule has 0 saturated heterocycles. The molecule has 6 nitrogen and oxygen atoms in total. The molecule has 0 bridgehead atoms. The number of hydrogen-bond acceptors (Lipinski definition) is 3. The normalized spacial score (nSPS) is 16.7. The van der Waals surface area contributed by atoms with Gasteiger partial charge in [-0.05, 0) is 37.5 Å². The van der Waals surface area contributed by atoms with Crippen LogP contribution in [0.4, 0.5) is 0 Å². The Morgan fingerprint density at radius 2 is 2.04 bits per heavy atom. The lowest BCUT2D eigenvalue weighted by molar-refractivity contribution is 0.586. The first-order valence-corrected chi connectivity index (χ1v) is 10.8. The van der Waals surface area contributed by atoms with E-state index in [2.05, 4.69) is 54.5 Å². The fourth-order valence-corrected chi connectivity index (χ4v) is 3.37. The number of aliphatic imine (C=N–C) groups is 1. The van der Waals surface area contributed by atoms with Crippen molar-refractivity contribution < 1.29 is 8.42 Å². The first-order chi connectivity index (χ1) is 11.3. The second-order valence-corrected chi connectivity index (χ2v) is 8.83. The van der Waals surface area contributed by atoms with Crippen LogP contribution in [0, 0.1) is 0 Å². The van der Waals surface area contributed by atoms with Crippen LogP contribution in [0.2, 0.25) is 0 Å². The molecule has 0 unspecified atom stereocenters. The van der Waals surface area contributed by atoms with Gasteiger partial charge in [0, 0.05) is 29.5 Å². The third-order valence-electron chi connectivity index (χ3n) is 3.96. The van der Waals surface area contributed by atoms with Crippen molar-refractivity contribution in [3.8, 4) is 0 Å². The van der Waals surface area contributed by atoms with Crippen molar-refractivity contribution >= 4 is 31.9 Å². The molecular weight excluding hydrogens is 392 g/mol. The van der Waals surface area contributed by atoms with Gasteiger partial charge in [0.15, 0.2) is 5.96 Å². The quantitative estimate of drug-likeness (QED) is 0.341. The molecule has 0 atom stereocenters. The van der Waals surface area contributed by atoms with Crippen LogP contribution >= 0.6 is 15.9 Å². The van der Waals surface area contributed by atoms with Gasteiger partial charge in [-0.1, -0.05) is 28.1 Å². The fourth-order valence-electron chi connectivity index (χ4n) is 2.50. The SMILES string of the molecule is CCNC(=NCC1(c2cccc(Br)c2)CC1)NCCNS(C)(=O)=O. The molecular formula is C16H25BrN4O2S. The Bertz CT molecular complexity index is 687. The van der Waals surface area contributed by atoms with E-state index in [0.717, 1.165) is 36.7 Å². The zero-order valence-corrected chi connectivity index (χ0v) is 16.5. The lowest BCUT2D eigenvalue weighted by Gasteiger charge is -2.16. The lowest BCUT2D eigenvalue weighted by atomic mass is 9.96. The predicted octanol–water partition coefficient (Wildman–Crippen LogP) is 1.59. The van der Waals surface area contributed by atoms with Crippen molar-refractivity contribution in [2.45, 2.75) is 25.2 Å². The summed E-state index contributed by atoms with van der Waals surface area (Å²) < 4.78 is 25.7. The summed E-state index contributed by atoms with van der Waals surface area (Å²) in [6.45, 7) is 4.31. The number of guanidine groups is 1. The van der Waals surface area contributed by atoms with Crippen LogP contribution in [0.3, 0.4) is 0 Å². The van der Waals surface area contributed by atoms with Crippen molar-refractivity contribution in [1.82, 2.24) is 15.4 Å². The minimum atomic E-state index is -3.15. The molecule has 0 heterocycles. The standard InChI is InChI=1S/C16H25BrN4O2S/c1-3-18-15(19-9-10-21-24(2,22)23)20-12-16(7-8-16)13-5-4-6-14(17)11-13/h4-6,11,21H,3,7-10,12H2,1-2H3,(H2,18,19,20). The molecule has 1 aromatic carbocycles. The number of nitrogens with one attached hydrogen (secondary N) is 3. The van der Waals surface area contributed by atoms with E-state index in [1.165, 1.54) is 5.56 Å². The van der Waals surface area contributed by atoms with Gasteiger partial charge in [-0.2, -0.15) is 0 Å². The third kappa shape index (κ3) is 6.07. The number of nitrogens with zero attached hydrogens (tertiary/aromatic N) is 1. The Hall–Kier alpha value is -1.12. The summed E-state index contributed by atoms with van der Waals surface area (Å²) >= 11 is 3.53. The highest BCUT2D eigenvalue weighted by Gasteiger charge is 2.44. The zero-order chi connectivity index (χ0) is 17.6. The molecule has 0 radical (unpaired) electrons. The molecule has 0 amide bonds. The van der Waals surface area contributed by atoms with Gasteiger partial charge in [-0.3, -0.25) is 4.99 Å². The average molecular weight is 417 g/mol. The first kappa shape index (κ1) is 19.2. The van der Waals surface area contributed by atoms with E-state index in [0.29, 0.717) is 19.0 Å². The molecule has 2 rings (SSSR count). The number of rotatable bonds is 8. The maximum Gasteiger partial charge on any atom is 0.208 e. The summed E-state index contributed by atoms with van der Waals surface area (Å²) in [5.74, 6) is 0.717. The Morgan fingerprint density at radius 3 is 2.62 bits per heavy atom. The smallest absolute Gasteiger partial charge is 0.208 e. The van der Waals surface area contributed by atoms with Crippen LogP contribution < -0.4 is 15.4 Å². The van der Waals surface area contributed by atoms with Crippen LogP contribution in [0.5, 0.6) is 0 Å². The van der Waals surface area contributed by atoms with Gasteiger partial charge >= 0.3 is 0 Å². The Morgan fingerprint density at radius 1 is 1.29 bits per heavy atom. The van der Waals surface area contributed by atoms with Crippen LogP contribution in [-0.2, 0) is 15.4 Å². The highest BCUT2D eigenvalue weighted by molar-refractivity contribution is 9.10. The van der Waals surface area contributed by atoms with Crippen molar-refractivity contribution in [2.24, 2.45) is 4.99 Å². The van der Waals surface area contributed by atoms with E-state index in [9.17, 15) is 8.42 Å². The molecule has 1 aliphatic carbocycles. The summed E-state index contributed by atoms with van der Waals surface area (Å²) in [6.07, 6.45) is 3.44. The van der Waals surface area contributed by atoms with Crippen molar-refractivity contribution in [3.63, 3.8) is 0 Å². The molecule has 8 heteroatoms. The van der Waals surface area contributed by atoms with E-state index in [4.69, 9.17) is 0 Å². The van der Waals surface area contributed by atoms with Gasteiger partial charge in [0.25, 0.3) is 0 Å². The molecule has 0 spiro atoms. The predicted molar refractivity (Wildman–Crippen MR) is 102 cm³/mol. The largest absolute Gasteiger partial charge is 0.357 e. The summed E-state index contributed by atoms with van der Waals surface area (Å²) in [5.41, 5.74) is 1.45. The van der Waals surface area contributed by atoms with Crippen LogP contribution in [0.15, 0.2) is 33.7 Å². The summed E-state index contributed by atoms with van der Waals surface area (Å²) in [4.78, 5) is 4.69. The number of benzene rings is 1. The first-order valence-electron chi connectivity index (χ1n) is 8.07. The monoisotopic (exact) mass is 416 g/mol. The number of halogens is 1. The molecule has 24 heavy (non-hydrogen) atoms. The fraction of sp³-hybridized carbons (Fsp3) is 0.562. The number of hydrogen-bond donors (Lipinski definition) is 3. The average Bonchev–Trinajstić information content (AvgIpc) is 3.29. The van der Waals surface area contributed by atoms with E-state index < -0.39 is 10.0 Å². The van der Waals surface area contributed by atoms with Gasteiger partial charge in [0.2, 0.25) is 10.0 Å². The van der Waals surface area contributed by atoms with Crippen LogP contribution in [0.1, 0.15) is 25.3 Å². The summed E-state index contributed by atoms with van der Waals surface area (Å²) in [5, 5.41) is 6.36. The summed E-state index contributed by atoms with van der Waals surface area (Å²) in [7, 11) is -3.15. The van der Waals surface area contributed by atoms with Crippen LogP contribution in [0.25, 0.3) is 0 Å². The van der Waals surface area contributed by atoms with Gasteiger partial charge in [0.05, 0.1) is 12.8 Å². The highest BCUT2D eigenvalue weighted by Crippen LogP contribution is 2.48. The van der Waals surface area contributed by atoms with E-state index in [1.54, 1.807) is 0 Å². The Labute approximate surface area is 152 Å². The summed E-state index contributed by atoms with van der Waals surface area (Å²) in [6, 6.07) is 8.41. The van der Waals surface area contributed by atoms with Crippen LogP contribution in [-0.4, -0.2) is 46.8 Å². The lowest BCUT2D eigenvalue weighted by Crippen LogP contribution is -2.41. The van der Waals surface area contributed by atoms with Crippen molar-refractivity contribution in [2.75, 3.05) is 32.4 Å². The number of sulfonamides is 1. The minimum absolute atomic E-state index is 0.136. The molecule has 3 N–H and O–H groups in total. The second-order valence-electron chi connectivity index (χ2n) is 6.08. The van der Waals surface area contributed by atoms with E-state index >= 15 is 0 Å². The van der Waals surface area contributed by atoms with Gasteiger partial charge in [0.1, 0.15) is 0 Å². The van der Waals surface area contributed by atoms with Crippen molar-refractivity contribution in [1.29, 1.82) is 0 Å². The van der Waals surface area contributed by atoms with Gasteiger partial charge in [-0.25, -0.2) is 13.1 Å².